The van der Waals surface area contributed by atoms with Gasteiger partial charge in [-0.05, 0) is 69.1 Å². The lowest BCUT2D eigenvalue weighted by atomic mass is 10.0. The van der Waals surface area contributed by atoms with Crippen molar-refractivity contribution in [2.24, 2.45) is 0 Å². The van der Waals surface area contributed by atoms with Gasteiger partial charge in [-0.15, -0.1) is 0 Å². The maximum absolute atomic E-state index is 12.7. The predicted octanol–water partition coefficient (Wildman–Crippen LogP) is 4.35. The zero-order valence-corrected chi connectivity index (χ0v) is 16.4. The minimum Gasteiger partial charge on any atom is -0.494 e. The molecule has 27 heavy (non-hydrogen) atoms. The summed E-state index contributed by atoms with van der Waals surface area (Å²) in [5.74, 6) is 0.892. The Kier molecular flexibility index (Phi) is 6.88. The van der Waals surface area contributed by atoms with Gasteiger partial charge in [0.05, 0.1) is 12.6 Å². The number of nitrogens with zero attached hydrogens (tertiary/aromatic N) is 1. The zero-order valence-electron chi connectivity index (χ0n) is 16.4. The maximum Gasteiger partial charge on any atom is 0.251 e. The lowest BCUT2D eigenvalue weighted by Crippen LogP contribution is -2.40. The summed E-state index contributed by atoms with van der Waals surface area (Å²) in [7, 11) is 0. The summed E-state index contributed by atoms with van der Waals surface area (Å²) in [6.45, 7) is 7.41. The highest BCUT2D eigenvalue weighted by molar-refractivity contribution is 5.95. The third kappa shape index (κ3) is 5.10. The van der Waals surface area contributed by atoms with Gasteiger partial charge in [0.15, 0.2) is 0 Å². The van der Waals surface area contributed by atoms with Gasteiger partial charge in [-0.1, -0.05) is 36.8 Å². The van der Waals surface area contributed by atoms with Gasteiger partial charge in [0.25, 0.3) is 5.91 Å². The molecule has 0 bridgehead atoms. The largest absolute Gasteiger partial charge is 0.494 e. The number of carbonyl (C=O) groups excluding carboxylic acids is 1. The number of aryl methyl sites for hydroxylation is 1. The summed E-state index contributed by atoms with van der Waals surface area (Å²) >= 11 is 0. The third-order valence-electron chi connectivity index (χ3n) is 5.25. The maximum atomic E-state index is 12.7. The molecule has 0 aromatic heterocycles. The molecule has 1 heterocycles. The summed E-state index contributed by atoms with van der Waals surface area (Å²) in [6, 6.07) is 16.2. The van der Waals surface area contributed by atoms with Crippen molar-refractivity contribution in [3.8, 4) is 5.75 Å². The number of rotatable bonds is 7. The molecule has 1 aliphatic heterocycles. The average molecular weight is 367 g/mol. The monoisotopic (exact) mass is 366 g/mol. The van der Waals surface area contributed by atoms with Crippen LogP contribution in [0.1, 0.15) is 53.7 Å². The Morgan fingerprint density at radius 1 is 1.07 bits per heavy atom. The SMILES string of the molecule is CCOc1ccc(C(CNC(=O)c2ccccc2C)N2CCCCC2)cc1. The number of amides is 1. The van der Waals surface area contributed by atoms with E-state index in [4.69, 9.17) is 4.74 Å². The Hall–Kier alpha value is -2.33. The van der Waals surface area contributed by atoms with Crippen LogP contribution in [-0.4, -0.2) is 37.0 Å². The Labute approximate surface area is 162 Å². The number of hydrogen-bond acceptors (Lipinski definition) is 3. The van der Waals surface area contributed by atoms with Crippen molar-refractivity contribution in [1.29, 1.82) is 0 Å². The van der Waals surface area contributed by atoms with Crippen LogP contribution in [0.2, 0.25) is 0 Å². The van der Waals surface area contributed by atoms with E-state index >= 15 is 0 Å². The molecule has 2 aromatic carbocycles. The highest BCUT2D eigenvalue weighted by Gasteiger charge is 2.23. The molecule has 4 nitrogen and oxygen atoms in total. The van der Waals surface area contributed by atoms with Gasteiger partial charge in [0, 0.05) is 12.1 Å². The number of carbonyl (C=O) groups is 1. The fraction of sp³-hybridized carbons (Fsp3) is 0.435. The van der Waals surface area contributed by atoms with E-state index in [9.17, 15) is 4.79 Å². The van der Waals surface area contributed by atoms with Crippen LogP contribution in [0.25, 0.3) is 0 Å². The van der Waals surface area contributed by atoms with E-state index in [0.29, 0.717) is 13.2 Å². The first kappa shape index (κ1) is 19.4. The van der Waals surface area contributed by atoms with Crippen LogP contribution >= 0.6 is 0 Å². The summed E-state index contributed by atoms with van der Waals surface area (Å²) in [6.07, 6.45) is 3.74. The van der Waals surface area contributed by atoms with Gasteiger partial charge in [-0.3, -0.25) is 9.69 Å². The first-order valence-corrected chi connectivity index (χ1v) is 9.99. The Balaban J connectivity index is 1.73. The van der Waals surface area contributed by atoms with Crippen LogP contribution in [0, 0.1) is 6.92 Å². The molecule has 0 spiro atoms. The molecule has 0 aliphatic carbocycles. The summed E-state index contributed by atoms with van der Waals surface area (Å²) in [4.78, 5) is 15.2. The smallest absolute Gasteiger partial charge is 0.251 e. The fourth-order valence-electron chi connectivity index (χ4n) is 3.75. The van der Waals surface area contributed by atoms with Gasteiger partial charge < -0.3 is 10.1 Å². The van der Waals surface area contributed by atoms with E-state index in [1.165, 1.54) is 24.8 Å². The van der Waals surface area contributed by atoms with Gasteiger partial charge in [-0.25, -0.2) is 0 Å². The molecule has 1 unspecified atom stereocenters. The van der Waals surface area contributed by atoms with Crippen molar-refractivity contribution < 1.29 is 9.53 Å². The van der Waals surface area contributed by atoms with Crippen molar-refractivity contribution in [3.05, 3.63) is 65.2 Å². The van der Waals surface area contributed by atoms with E-state index in [1.54, 1.807) is 0 Å². The Bertz CT molecular complexity index is 736. The van der Waals surface area contributed by atoms with Gasteiger partial charge in [0.2, 0.25) is 0 Å². The van der Waals surface area contributed by atoms with Crippen molar-refractivity contribution in [2.45, 2.75) is 39.2 Å². The Morgan fingerprint density at radius 3 is 2.44 bits per heavy atom. The van der Waals surface area contributed by atoms with Crippen LogP contribution in [0.5, 0.6) is 5.75 Å². The van der Waals surface area contributed by atoms with Gasteiger partial charge >= 0.3 is 0 Å². The van der Waals surface area contributed by atoms with Gasteiger partial charge in [0.1, 0.15) is 5.75 Å². The first-order chi connectivity index (χ1) is 13.2. The summed E-state index contributed by atoms with van der Waals surface area (Å²) < 4.78 is 5.57. The Morgan fingerprint density at radius 2 is 1.78 bits per heavy atom. The summed E-state index contributed by atoms with van der Waals surface area (Å²) in [5, 5.41) is 3.16. The highest BCUT2D eigenvalue weighted by atomic mass is 16.5. The highest BCUT2D eigenvalue weighted by Crippen LogP contribution is 2.26. The topological polar surface area (TPSA) is 41.6 Å². The second-order valence-electron chi connectivity index (χ2n) is 7.14. The number of hydrogen-bond donors (Lipinski definition) is 1. The van der Waals surface area contributed by atoms with Crippen LogP contribution in [-0.2, 0) is 0 Å². The number of piperidine rings is 1. The van der Waals surface area contributed by atoms with Crippen molar-refractivity contribution >= 4 is 5.91 Å². The second kappa shape index (κ2) is 9.56. The molecule has 1 aliphatic rings. The average Bonchev–Trinajstić information content (AvgIpc) is 2.70. The molecule has 1 fully saturated rings. The van der Waals surface area contributed by atoms with Crippen molar-refractivity contribution in [1.82, 2.24) is 10.2 Å². The molecule has 144 valence electrons. The standard InChI is InChI=1S/C23H30N2O2/c1-3-27-20-13-11-19(12-14-20)22(25-15-7-4-8-16-25)17-24-23(26)21-10-6-5-9-18(21)2/h5-6,9-14,22H,3-4,7-8,15-17H2,1-2H3,(H,24,26). The van der Waals surface area contributed by atoms with E-state index < -0.39 is 0 Å². The quantitative estimate of drug-likeness (QED) is 0.792. The molecule has 1 amide bonds. The van der Waals surface area contributed by atoms with Crippen molar-refractivity contribution in [2.75, 3.05) is 26.2 Å². The lowest BCUT2D eigenvalue weighted by Gasteiger charge is -2.35. The predicted molar refractivity (Wildman–Crippen MR) is 109 cm³/mol. The minimum absolute atomic E-state index is 0.000968. The molecule has 0 radical (unpaired) electrons. The van der Waals surface area contributed by atoms with E-state index in [0.717, 1.165) is 30.0 Å². The van der Waals surface area contributed by atoms with Crippen LogP contribution in [0.3, 0.4) is 0 Å². The van der Waals surface area contributed by atoms with E-state index in [1.807, 2.05) is 50.2 Å². The molecular weight excluding hydrogens is 336 g/mol. The first-order valence-electron chi connectivity index (χ1n) is 9.99. The molecule has 2 aromatic rings. The molecule has 0 saturated carbocycles. The molecule has 1 atom stereocenters. The minimum atomic E-state index is 0.000968. The lowest BCUT2D eigenvalue weighted by molar-refractivity contribution is 0.0924. The molecule has 3 rings (SSSR count). The summed E-state index contributed by atoms with van der Waals surface area (Å²) in [5.41, 5.74) is 2.98. The fourth-order valence-corrected chi connectivity index (χ4v) is 3.75. The number of nitrogens with one attached hydrogen (secondary N) is 1. The van der Waals surface area contributed by atoms with E-state index in [2.05, 4.69) is 22.3 Å². The van der Waals surface area contributed by atoms with Crippen molar-refractivity contribution in [3.63, 3.8) is 0 Å². The van der Waals surface area contributed by atoms with Crippen LogP contribution in [0.4, 0.5) is 0 Å². The molecular formula is C23H30N2O2. The second-order valence-corrected chi connectivity index (χ2v) is 7.14. The molecule has 1 N–H and O–H groups in total. The number of benzene rings is 2. The van der Waals surface area contributed by atoms with Gasteiger partial charge in [-0.2, -0.15) is 0 Å². The molecule has 4 heteroatoms. The van der Waals surface area contributed by atoms with Crippen LogP contribution < -0.4 is 10.1 Å². The number of ether oxygens (including phenoxy) is 1. The van der Waals surface area contributed by atoms with E-state index in [-0.39, 0.29) is 11.9 Å². The number of likely N-dealkylation sites (tertiary alicyclic amines) is 1. The zero-order chi connectivity index (χ0) is 19.1. The molecule has 1 saturated heterocycles. The van der Waals surface area contributed by atoms with Crippen LogP contribution in [0.15, 0.2) is 48.5 Å². The normalized spacial score (nSPS) is 15.9. The third-order valence-corrected chi connectivity index (χ3v) is 5.25.